The zero-order chi connectivity index (χ0) is 23.7. The van der Waals surface area contributed by atoms with E-state index in [-0.39, 0.29) is 23.8 Å². The molecular weight excluding hydrogens is 422 g/mol. The van der Waals surface area contributed by atoms with E-state index in [0.29, 0.717) is 52.8 Å². The fourth-order valence-corrected chi connectivity index (χ4v) is 5.17. The number of aromatic amines is 1. The third kappa shape index (κ3) is 4.45. The van der Waals surface area contributed by atoms with Crippen LogP contribution < -0.4 is 14.2 Å². The Labute approximate surface area is 194 Å². The third-order valence-corrected chi connectivity index (χ3v) is 7.09. The first kappa shape index (κ1) is 23.2. The highest BCUT2D eigenvalue weighted by molar-refractivity contribution is 6.03. The number of carbonyl (C=O) groups is 2. The molecule has 7 heteroatoms. The lowest BCUT2D eigenvalue weighted by molar-refractivity contribution is 0.0167. The van der Waals surface area contributed by atoms with Gasteiger partial charge >= 0.3 is 5.97 Å². The van der Waals surface area contributed by atoms with Gasteiger partial charge in [0.2, 0.25) is 5.75 Å². The molecule has 0 amide bonds. The second-order valence-electron chi connectivity index (χ2n) is 9.25. The summed E-state index contributed by atoms with van der Waals surface area (Å²) < 4.78 is 22.2. The number of carbonyl (C=O) groups excluding carboxylic acids is 2. The van der Waals surface area contributed by atoms with Gasteiger partial charge in [-0.2, -0.15) is 0 Å². The molecule has 1 aromatic heterocycles. The fourth-order valence-electron chi connectivity index (χ4n) is 5.17. The molecule has 0 radical (unpaired) electrons. The number of benzene rings is 1. The van der Waals surface area contributed by atoms with Gasteiger partial charge in [-0.3, -0.25) is 4.79 Å². The fraction of sp³-hybridized carbons (Fsp3) is 0.538. The van der Waals surface area contributed by atoms with Crippen LogP contribution in [0.5, 0.6) is 17.2 Å². The van der Waals surface area contributed by atoms with Gasteiger partial charge in [-0.15, -0.1) is 0 Å². The van der Waals surface area contributed by atoms with Crippen molar-refractivity contribution in [1.82, 2.24) is 4.98 Å². The van der Waals surface area contributed by atoms with Gasteiger partial charge in [0.1, 0.15) is 11.8 Å². The summed E-state index contributed by atoms with van der Waals surface area (Å²) in [6, 6.07) is 3.78. The molecule has 33 heavy (non-hydrogen) atoms. The van der Waals surface area contributed by atoms with Crippen molar-refractivity contribution in [1.29, 1.82) is 0 Å². The van der Waals surface area contributed by atoms with E-state index in [9.17, 15) is 9.59 Å². The van der Waals surface area contributed by atoms with Crippen LogP contribution in [0, 0.1) is 12.8 Å². The SMILES string of the molecule is COc1cc(C2CC(=O)c3c([nH]c(C(=O)OC4CCC(C)CC4)c3C)C2)cc(OC)c1OC. The Morgan fingerprint density at radius 1 is 0.970 bits per heavy atom. The summed E-state index contributed by atoms with van der Waals surface area (Å²) in [7, 11) is 4.71. The Morgan fingerprint density at radius 2 is 1.61 bits per heavy atom. The zero-order valence-electron chi connectivity index (χ0n) is 20.1. The van der Waals surface area contributed by atoms with Crippen molar-refractivity contribution in [2.45, 2.75) is 64.4 Å². The van der Waals surface area contributed by atoms with Crippen LogP contribution in [-0.4, -0.2) is 44.2 Å². The van der Waals surface area contributed by atoms with Crippen LogP contribution in [0.1, 0.15) is 82.6 Å². The van der Waals surface area contributed by atoms with E-state index in [1.54, 1.807) is 21.3 Å². The maximum Gasteiger partial charge on any atom is 0.355 e. The van der Waals surface area contributed by atoms with Gasteiger partial charge in [0.05, 0.1) is 21.3 Å². The van der Waals surface area contributed by atoms with Gasteiger partial charge in [0, 0.05) is 17.7 Å². The first-order valence-electron chi connectivity index (χ1n) is 11.6. The maximum atomic E-state index is 13.1. The molecule has 0 spiro atoms. The van der Waals surface area contributed by atoms with Gasteiger partial charge in [-0.25, -0.2) is 4.79 Å². The van der Waals surface area contributed by atoms with Gasteiger partial charge in [0.15, 0.2) is 17.3 Å². The number of H-pyrrole nitrogens is 1. The number of ketones is 1. The summed E-state index contributed by atoms with van der Waals surface area (Å²) in [6.45, 7) is 4.06. The van der Waals surface area contributed by atoms with Gasteiger partial charge in [0.25, 0.3) is 0 Å². The Bertz CT molecular complexity index is 1020. The predicted octanol–water partition coefficient (Wildman–Crippen LogP) is 5.00. The molecule has 0 aliphatic heterocycles. The van der Waals surface area contributed by atoms with E-state index < -0.39 is 0 Å². The molecule has 4 rings (SSSR count). The van der Waals surface area contributed by atoms with Gasteiger partial charge in [-0.1, -0.05) is 6.92 Å². The molecule has 2 aromatic rings. The first-order chi connectivity index (χ1) is 15.9. The average Bonchev–Trinajstić information content (AvgIpc) is 3.16. The lowest BCUT2D eigenvalue weighted by Gasteiger charge is -2.25. The monoisotopic (exact) mass is 455 g/mol. The summed E-state index contributed by atoms with van der Waals surface area (Å²) in [6.07, 6.45) is 4.85. The van der Waals surface area contributed by atoms with Crippen LogP contribution in [0.4, 0.5) is 0 Å². The number of hydrogen-bond donors (Lipinski definition) is 1. The number of rotatable bonds is 6. The van der Waals surface area contributed by atoms with Crippen molar-refractivity contribution in [3.05, 3.63) is 40.2 Å². The van der Waals surface area contributed by atoms with E-state index in [2.05, 4.69) is 11.9 Å². The molecule has 1 heterocycles. The van der Waals surface area contributed by atoms with Crippen LogP contribution in [0.3, 0.4) is 0 Å². The van der Waals surface area contributed by atoms with Crippen molar-refractivity contribution in [2.75, 3.05) is 21.3 Å². The molecule has 1 unspecified atom stereocenters. The summed E-state index contributed by atoms with van der Waals surface area (Å²) in [5.41, 5.74) is 3.43. The highest BCUT2D eigenvalue weighted by Gasteiger charge is 2.34. The van der Waals surface area contributed by atoms with E-state index in [4.69, 9.17) is 18.9 Å². The number of aromatic nitrogens is 1. The van der Waals surface area contributed by atoms with E-state index in [0.717, 1.165) is 36.9 Å². The Hall–Kier alpha value is -2.96. The third-order valence-electron chi connectivity index (χ3n) is 7.09. The van der Waals surface area contributed by atoms with E-state index in [1.807, 2.05) is 19.1 Å². The predicted molar refractivity (Wildman–Crippen MR) is 124 cm³/mol. The smallest absolute Gasteiger partial charge is 0.355 e. The summed E-state index contributed by atoms with van der Waals surface area (Å²) in [5, 5.41) is 0. The highest BCUT2D eigenvalue weighted by Crippen LogP contribution is 2.43. The number of fused-ring (bicyclic) bond motifs is 1. The standard InChI is InChI=1S/C26H33NO6/c1-14-6-8-18(9-7-14)33-26(29)24-15(2)23-19(27-24)10-16(11-20(23)28)17-12-21(30-3)25(32-5)22(13-17)31-4/h12-14,16,18,27H,6-11H2,1-5H3. The molecule has 1 N–H and O–H groups in total. The Morgan fingerprint density at radius 3 is 2.18 bits per heavy atom. The molecular formula is C26H33NO6. The topological polar surface area (TPSA) is 86.9 Å². The van der Waals surface area contributed by atoms with E-state index in [1.165, 1.54) is 0 Å². The van der Waals surface area contributed by atoms with Gasteiger partial charge in [-0.05, 0) is 74.1 Å². The Kier molecular flexibility index (Phi) is 6.68. The molecule has 1 aromatic carbocycles. The second kappa shape index (κ2) is 9.49. The van der Waals surface area contributed by atoms with Gasteiger partial charge < -0.3 is 23.9 Å². The maximum absolute atomic E-state index is 13.1. The van der Waals surface area contributed by atoms with Crippen molar-refractivity contribution in [2.24, 2.45) is 5.92 Å². The van der Waals surface area contributed by atoms with Crippen LogP contribution in [0.15, 0.2) is 12.1 Å². The average molecular weight is 456 g/mol. The number of methoxy groups -OCH3 is 3. The minimum atomic E-state index is -0.362. The molecule has 1 fully saturated rings. The minimum absolute atomic E-state index is 0.0225. The quantitative estimate of drug-likeness (QED) is 0.617. The van der Waals surface area contributed by atoms with Crippen molar-refractivity contribution in [3.8, 4) is 17.2 Å². The zero-order valence-corrected chi connectivity index (χ0v) is 20.1. The molecule has 2 aliphatic rings. The minimum Gasteiger partial charge on any atom is -0.493 e. The van der Waals surface area contributed by atoms with Crippen LogP contribution >= 0.6 is 0 Å². The molecule has 178 valence electrons. The lowest BCUT2D eigenvalue weighted by Crippen LogP contribution is -2.24. The molecule has 2 aliphatic carbocycles. The summed E-state index contributed by atoms with van der Waals surface area (Å²) in [4.78, 5) is 29.3. The number of hydrogen-bond acceptors (Lipinski definition) is 6. The number of ether oxygens (including phenoxy) is 4. The second-order valence-corrected chi connectivity index (χ2v) is 9.25. The van der Waals surface area contributed by atoms with Crippen LogP contribution in [0.2, 0.25) is 0 Å². The van der Waals surface area contributed by atoms with Crippen LogP contribution in [0.25, 0.3) is 0 Å². The highest BCUT2D eigenvalue weighted by atomic mass is 16.5. The van der Waals surface area contributed by atoms with Crippen molar-refractivity contribution in [3.63, 3.8) is 0 Å². The van der Waals surface area contributed by atoms with Crippen molar-refractivity contribution >= 4 is 11.8 Å². The number of Topliss-reactive ketones (excluding diaryl/α,β-unsaturated/α-hetero) is 1. The lowest BCUT2D eigenvalue weighted by atomic mass is 9.81. The summed E-state index contributed by atoms with van der Waals surface area (Å²) >= 11 is 0. The van der Waals surface area contributed by atoms with Crippen molar-refractivity contribution < 1.29 is 28.5 Å². The first-order valence-corrected chi connectivity index (χ1v) is 11.6. The normalized spacial score (nSPS) is 22.5. The van der Waals surface area contributed by atoms with E-state index >= 15 is 0 Å². The molecule has 1 saturated carbocycles. The molecule has 7 nitrogen and oxygen atoms in total. The number of esters is 1. The number of nitrogens with one attached hydrogen (secondary N) is 1. The van der Waals surface area contributed by atoms with Crippen LogP contribution in [-0.2, 0) is 11.2 Å². The molecule has 0 saturated heterocycles. The molecule has 0 bridgehead atoms. The molecule has 1 atom stereocenters. The largest absolute Gasteiger partial charge is 0.493 e. The summed E-state index contributed by atoms with van der Waals surface area (Å²) in [5.74, 6) is 1.90. The Balaban J connectivity index is 1.58.